The minimum Gasteiger partial charge on any atom is -0.295 e. The van der Waals surface area contributed by atoms with Crippen molar-refractivity contribution >= 4 is 11.9 Å². The average Bonchev–Trinajstić information content (AvgIpc) is 2.03. The predicted octanol–water partition coefficient (Wildman–Crippen LogP) is 1.64. The second kappa shape index (κ2) is 6.50. The molecule has 0 N–H and O–H groups in total. The van der Waals surface area contributed by atoms with Crippen LogP contribution in [0.2, 0.25) is 0 Å². The van der Waals surface area contributed by atoms with Crippen LogP contribution in [0.25, 0.3) is 0 Å². The van der Waals surface area contributed by atoms with Gasteiger partial charge in [-0.15, -0.1) is 0 Å². The molecule has 0 aromatic rings. The van der Waals surface area contributed by atoms with Crippen LogP contribution in [-0.4, -0.2) is 18.4 Å². The zero-order valence-electron chi connectivity index (χ0n) is 7.30. The van der Waals surface area contributed by atoms with Gasteiger partial charge in [-0.2, -0.15) is 0 Å². The summed E-state index contributed by atoms with van der Waals surface area (Å²) in [6, 6.07) is 0. The molecule has 0 radical (unpaired) electrons. The Hall–Kier alpha value is -1.21. The first kappa shape index (κ1) is 10.8. The maximum atomic E-state index is 11.0. The van der Waals surface area contributed by atoms with E-state index in [1.165, 1.54) is 6.08 Å². The van der Waals surface area contributed by atoms with E-state index in [2.05, 4.69) is 11.6 Å². The number of nitrogens with zero attached hydrogens (tertiary/aromatic N) is 1. The van der Waals surface area contributed by atoms with E-state index in [1.54, 1.807) is 6.92 Å². The Morgan fingerprint density at radius 1 is 1.50 bits per heavy atom. The summed E-state index contributed by atoms with van der Waals surface area (Å²) in [6.07, 6.45) is 3.47. The molecule has 0 heterocycles. The molecule has 0 rings (SSSR count). The smallest absolute Gasteiger partial charge is 0.234 e. The van der Waals surface area contributed by atoms with Crippen LogP contribution in [0.5, 0.6) is 0 Å². The van der Waals surface area contributed by atoms with Crippen LogP contribution in [0.1, 0.15) is 26.2 Å². The van der Waals surface area contributed by atoms with Gasteiger partial charge in [0.2, 0.25) is 6.08 Å². The zero-order valence-corrected chi connectivity index (χ0v) is 7.30. The standard InChI is InChI=1S/C9H13NO2/c1-8(2)9(12)5-3-4-6-10-7-11/h1,3-6H2,2H3. The highest BCUT2D eigenvalue weighted by atomic mass is 16.1. The molecule has 0 aromatic carbocycles. The average molecular weight is 167 g/mol. The van der Waals surface area contributed by atoms with Crippen molar-refractivity contribution in [3.63, 3.8) is 0 Å². The molecule has 0 unspecified atom stereocenters. The summed E-state index contributed by atoms with van der Waals surface area (Å²) < 4.78 is 0. The first-order chi connectivity index (χ1) is 5.68. The monoisotopic (exact) mass is 167 g/mol. The van der Waals surface area contributed by atoms with E-state index in [1.807, 2.05) is 0 Å². The fraction of sp³-hybridized carbons (Fsp3) is 0.556. The third-order valence-corrected chi connectivity index (χ3v) is 1.46. The number of carbonyl (C=O) groups excluding carboxylic acids is 2. The van der Waals surface area contributed by atoms with Crippen molar-refractivity contribution in [2.45, 2.75) is 26.2 Å². The maximum Gasteiger partial charge on any atom is 0.234 e. The lowest BCUT2D eigenvalue weighted by Gasteiger charge is -1.96. The van der Waals surface area contributed by atoms with Gasteiger partial charge in [-0.3, -0.25) is 4.79 Å². The lowest BCUT2D eigenvalue weighted by atomic mass is 10.1. The minimum absolute atomic E-state index is 0.0880. The summed E-state index contributed by atoms with van der Waals surface area (Å²) in [5.74, 6) is 0.0880. The molecule has 12 heavy (non-hydrogen) atoms. The van der Waals surface area contributed by atoms with Gasteiger partial charge in [-0.25, -0.2) is 9.79 Å². The van der Waals surface area contributed by atoms with E-state index >= 15 is 0 Å². The van der Waals surface area contributed by atoms with E-state index in [9.17, 15) is 9.59 Å². The van der Waals surface area contributed by atoms with Crippen molar-refractivity contribution in [3.8, 4) is 0 Å². The predicted molar refractivity (Wildman–Crippen MR) is 46.7 cm³/mol. The second-order valence-corrected chi connectivity index (χ2v) is 2.63. The normalized spacial score (nSPS) is 8.75. The Labute approximate surface area is 72.2 Å². The van der Waals surface area contributed by atoms with Gasteiger partial charge in [0, 0.05) is 6.42 Å². The highest BCUT2D eigenvalue weighted by molar-refractivity contribution is 5.93. The molecule has 0 aliphatic heterocycles. The van der Waals surface area contributed by atoms with E-state index in [0.717, 1.165) is 12.8 Å². The summed E-state index contributed by atoms with van der Waals surface area (Å²) in [7, 11) is 0. The molecular formula is C9H13NO2. The summed E-state index contributed by atoms with van der Waals surface area (Å²) >= 11 is 0. The third-order valence-electron chi connectivity index (χ3n) is 1.46. The Morgan fingerprint density at radius 3 is 2.67 bits per heavy atom. The summed E-state index contributed by atoms with van der Waals surface area (Å²) in [5, 5.41) is 0. The third kappa shape index (κ3) is 5.57. The number of allylic oxidation sites excluding steroid dienone is 1. The van der Waals surface area contributed by atoms with Crippen LogP contribution in [0, 0.1) is 0 Å². The largest absolute Gasteiger partial charge is 0.295 e. The van der Waals surface area contributed by atoms with Crippen LogP contribution >= 0.6 is 0 Å². The molecule has 0 bridgehead atoms. The van der Waals surface area contributed by atoms with Gasteiger partial charge in [-0.1, -0.05) is 6.58 Å². The topological polar surface area (TPSA) is 46.5 Å². The highest BCUT2D eigenvalue weighted by Crippen LogP contribution is 2.01. The summed E-state index contributed by atoms with van der Waals surface area (Å²) in [5.41, 5.74) is 0.592. The van der Waals surface area contributed by atoms with Gasteiger partial charge >= 0.3 is 0 Å². The number of isocyanates is 1. The van der Waals surface area contributed by atoms with Gasteiger partial charge in [0.05, 0.1) is 6.54 Å². The van der Waals surface area contributed by atoms with Crippen LogP contribution in [-0.2, 0) is 9.59 Å². The van der Waals surface area contributed by atoms with Crippen molar-refractivity contribution in [1.82, 2.24) is 0 Å². The molecule has 0 fully saturated rings. The van der Waals surface area contributed by atoms with Crippen molar-refractivity contribution in [1.29, 1.82) is 0 Å². The number of aliphatic imine (C=N–C) groups is 1. The summed E-state index contributed by atoms with van der Waals surface area (Å²) in [6.45, 7) is 5.70. The molecule has 0 amide bonds. The van der Waals surface area contributed by atoms with Crippen LogP contribution in [0.4, 0.5) is 0 Å². The molecular weight excluding hydrogens is 154 g/mol. The minimum atomic E-state index is 0.0880. The summed E-state index contributed by atoms with van der Waals surface area (Å²) in [4.78, 5) is 24.0. The van der Waals surface area contributed by atoms with E-state index in [4.69, 9.17) is 0 Å². The van der Waals surface area contributed by atoms with Crippen LogP contribution < -0.4 is 0 Å². The fourth-order valence-corrected chi connectivity index (χ4v) is 0.735. The Morgan fingerprint density at radius 2 is 2.17 bits per heavy atom. The number of hydrogen-bond acceptors (Lipinski definition) is 3. The number of Topliss-reactive ketones (excluding diaryl/α,β-unsaturated/α-hetero) is 1. The zero-order chi connectivity index (χ0) is 9.40. The molecule has 3 nitrogen and oxygen atoms in total. The van der Waals surface area contributed by atoms with Crippen molar-refractivity contribution in [2.75, 3.05) is 6.54 Å². The van der Waals surface area contributed by atoms with Crippen LogP contribution in [0.3, 0.4) is 0 Å². The highest BCUT2D eigenvalue weighted by Gasteiger charge is 2.00. The molecule has 3 heteroatoms. The molecule has 0 spiro atoms. The van der Waals surface area contributed by atoms with Gasteiger partial charge < -0.3 is 0 Å². The Balaban J connectivity index is 3.37. The van der Waals surface area contributed by atoms with E-state index in [0.29, 0.717) is 18.5 Å². The Bertz CT molecular complexity index is 215. The number of hydrogen-bond donors (Lipinski definition) is 0. The van der Waals surface area contributed by atoms with E-state index < -0.39 is 0 Å². The maximum absolute atomic E-state index is 11.0. The van der Waals surface area contributed by atoms with Gasteiger partial charge in [0.25, 0.3) is 0 Å². The lowest BCUT2D eigenvalue weighted by Crippen LogP contribution is -1.98. The van der Waals surface area contributed by atoms with E-state index in [-0.39, 0.29) is 5.78 Å². The van der Waals surface area contributed by atoms with Gasteiger partial charge in [0.1, 0.15) is 0 Å². The van der Waals surface area contributed by atoms with Crippen molar-refractivity contribution in [2.24, 2.45) is 4.99 Å². The lowest BCUT2D eigenvalue weighted by molar-refractivity contribution is -0.115. The Kier molecular flexibility index (Phi) is 5.84. The molecule has 0 atom stereocenters. The molecule has 0 aliphatic rings. The second-order valence-electron chi connectivity index (χ2n) is 2.63. The molecule has 0 aliphatic carbocycles. The van der Waals surface area contributed by atoms with Gasteiger partial charge in [-0.05, 0) is 25.3 Å². The molecule has 0 saturated carbocycles. The first-order valence-corrected chi connectivity index (χ1v) is 3.91. The number of carbonyl (C=O) groups is 1. The number of rotatable bonds is 6. The molecule has 0 aromatic heterocycles. The first-order valence-electron chi connectivity index (χ1n) is 3.91. The SMILES string of the molecule is C=C(C)C(=O)CCCCN=C=O. The number of ketones is 1. The van der Waals surface area contributed by atoms with Crippen LogP contribution in [0.15, 0.2) is 17.1 Å². The van der Waals surface area contributed by atoms with Crippen molar-refractivity contribution in [3.05, 3.63) is 12.2 Å². The molecule has 66 valence electrons. The van der Waals surface area contributed by atoms with Gasteiger partial charge in [0.15, 0.2) is 5.78 Å². The number of unbranched alkanes of at least 4 members (excludes halogenated alkanes) is 1. The molecule has 0 saturated heterocycles. The van der Waals surface area contributed by atoms with Crippen molar-refractivity contribution < 1.29 is 9.59 Å². The quantitative estimate of drug-likeness (QED) is 0.261. The fourth-order valence-electron chi connectivity index (χ4n) is 0.735.